The maximum absolute atomic E-state index is 15.3. The zero-order valence-electron chi connectivity index (χ0n) is 38.1. The lowest BCUT2D eigenvalue weighted by molar-refractivity contribution is -0.159. The van der Waals surface area contributed by atoms with Crippen LogP contribution in [0.15, 0.2) is 72.8 Å². The highest BCUT2D eigenvalue weighted by atomic mass is 35.5. The molecule has 5 aliphatic rings. The summed E-state index contributed by atoms with van der Waals surface area (Å²) in [6.07, 6.45) is 6.02. The summed E-state index contributed by atoms with van der Waals surface area (Å²) in [5.74, 6) is -0.951. The van der Waals surface area contributed by atoms with Crippen LogP contribution in [-0.2, 0) is 41.3 Å². The zero-order valence-corrected chi connectivity index (χ0v) is 38.8. The minimum absolute atomic E-state index is 0.00327. The summed E-state index contributed by atoms with van der Waals surface area (Å²) in [6, 6.07) is 21.2. The van der Waals surface area contributed by atoms with Crippen molar-refractivity contribution in [3.8, 4) is 5.75 Å². The van der Waals surface area contributed by atoms with E-state index >= 15 is 4.79 Å². The molecule has 1 heterocycles. The average Bonchev–Trinajstić information content (AvgIpc) is 3.48. The molecule has 0 aromatic heterocycles. The molecule has 338 valence electrons. The Bertz CT molecular complexity index is 2170. The number of alkyl halides is 1. The smallest absolute Gasteiger partial charge is 0.331 e. The molecule has 0 spiro atoms. The number of carbonyl (C=O) groups is 5. The van der Waals surface area contributed by atoms with Crippen molar-refractivity contribution in [2.75, 3.05) is 23.8 Å². The van der Waals surface area contributed by atoms with Gasteiger partial charge in [-0.3, -0.25) is 24.1 Å². The van der Waals surface area contributed by atoms with Crippen LogP contribution >= 0.6 is 11.6 Å². The third-order valence-electron chi connectivity index (χ3n) is 14.6. The molecule has 3 aromatic carbocycles. The van der Waals surface area contributed by atoms with E-state index in [1.165, 1.54) is 10.5 Å². The number of nitrogens with zero attached hydrogens (tertiary/aromatic N) is 2. The summed E-state index contributed by atoms with van der Waals surface area (Å²) in [6.45, 7) is 15.5. The van der Waals surface area contributed by atoms with Gasteiger partial charge in [0.1, 0.15) is 5.75 Å². The van der Waals surface area contributed by atoms with Crippen molar-refractivity contribution in [3.63, 3.8) is 0 Å². The summed E-state index contributed by atoms with van der Waals surface area (Å²) in [7, 11) is 0. The summed E-state index contributed by atoms with van der Waals surface area (Å²) >= 11 is 7.43. The van der Waals surface area contributed by atoms with Gasteiger partial charge >= 0.3 is 6.03 Å². The van der Waals surface area contributed by atoms with Crippen molar-refractivity contribution in [2.24, 2.45) is 23.2 Å². The van der Waals surface area contributed by atoms with Crippen molar-refractivity contribution in [1.82, 2.24) is 9.80 Å². The highest BCUT2D eigenvalue weighted by Crippen LogP contribution is 2.62. The number of halogens is 1. The van der Waals surface area contributed by atoms with E-state index in [2.05, 4.69) is 70.4 Å². The minimum Gasteiger partial charge on any atom is -0.493 e. The van der Waals surface area contributed by atoms with Gasteiger partial charge in [0.05, 0.1) is 13.2 Å². The predicted octanol–water partition coefficient (Wildman–Crippen LogP) is 10.3. The van der Waals surface area contributed by atoms with E-state index in [-0.39, 0.29) is 42.0 Å². The number of imide groups is 1. The topological polar surface area (TPSA) is 134 Å². The zero-order chi connectivity index (χ0) is 45.3. The molecule has 5 fully saturated rings. The number of ketones is 1. The summed E-state index contributed by atoms with van der Waals surface area (Å²) in [5.41, 5.74) is 2.80. The number of urea groups is 1. The van der Waals surface area contributed by atoms with Crippen molar-refractivity contribution in [2.45, 2.75) is 141 Å². The minimum atomic E-state index is -2.71. The maximum Gasteiger partial charge on any atom is 0.331 e. The van der Waals surface area contributed by atoms with Crippen LogP contribution < -0.4 is 15.4 Å². The van der Waals surface area contributed by atoms with Crippen LogP contribution in [0.4, 0.5) is 16.2 Å². The van der Waals surface area contributed by atoms with Crippen LogP contribution in [0, 0.1) is 23.2 Å². The number of Topliss-reactive ketones (excluding diaryl/α,β-unsaturated/α-hetero) is 1. The molecule has 8 rings (SSSR count). The van der Waals surface area contributed by atoms with Gasteiger partial charge in [-0.15, -0.1) is 0 Å². The van der Waals surface area contributed by atoms with Crippen LogP contribution in [0.3, 0.4) is 0 Å². The number of ether oxygens (including phenoxy) is 2. The van der Waals surface area contributed by atoms with E-state index < -0.39 is 40.3 Å². The lowest BCUT2D eigenvalue weighted by Crippen LogP contribution is -2.66. The highest BCUT2D eigenvalue weighted by molar-refractivity contribution is 6.50. The Kier molecular flexibility index (Phi) is 13.5. The van der Waals surface area contributed by atoms with Crippen molar-refractivity contribution >= 4 is 52.5 Å². The van der Waals surface area contributed by atoms with E-state index in [0.29, 0.717) is 60.6 Å². The van der Waals surface area contributed by atoms with Crippen molar-refractivity contribution < 1.29 is 33.4 Å². The summed E-state index contributed by atoms with van der Waals surface area (Å²) < 4.78 is 12.1. The monoisotopic (exact) mass is 880 g/mol. The fourth-order valence-electron chi connectivity index (χ4n) is 10.7. The second-order valence-electron chi connectivity index (χ2n) is 19.7. The van der Waals surface area contributed by atoms with E-state index in [1.54, 1.807) is 31.2 Å². The van der Waals surface area contributed by atoms with Gasteiger partial charge < -0.3 is 20.1 Å². The number of hydrogen-bond acceptors (Lipinski definition) is 7. The van der Waals surface area contributed by atoms with Gasteiger partial charge in [-0.05, 0) is 129 Å². The van der Waals surface area contributed by atoms with Crippen LogP contribution in [0.25, 0.3) is 0 Å². The van der Waals surface area contributed by atoms with Gasteiger partial charge in [-0.2, -0.15) is 0 Å². The molecular formula is C51H65ClN4O7. The van der Waals surface area contributed by atoms with Gasteiger partial charge in [0.2, 0.25) is 12.1 Å². The van der Waals surface area contributed by atoms with E-state index in [4.69, 9.17) is 21.1 Å². The third-order valence-corrected chi connectivity index (χ3v) is 15.1. The Labute approximate surface area is 378 Å². The van der Waals surface area contributed by atoms with Crippen molar-refractivity contribution in [3.05, 3.63) is 89.5 Å². The van der Waals surface area contributed by atoms with Gasteiger partial charge in [-0.1, -0.05) is 102 Å². The average molecular weight is 882 g/mol. The standard InChI is InChI=1S/C51H65ClN4O7/c1-8-48(4,5)37-21-22-41(40(27-37)49(6,7)9-2)63-23-15-20-42(57)53-38-18-14-19-39(28-38)54-46(60)51(52,45(59)50-29-34-24-35(30-50)26-36(25-34)31-50)56-43(58)44(62-10-3)55(47(56)61)32-33-16-12-11-13-17-33/h11-14,16-19,21-22,27-28,34-36,44H,8-10,15,20,23-26,29-32H2,1-7H3,(H,53,57)(H,54,60). The molecule has 0 radical (unpaired) electrons. The van der Waals surface area contributed by atoms with Gasteiger partial charge in [-0.25, -0.2) is 9.69 Å². The first kappa shape index (κ1) is 46.3. The van der Waals surface area contributed by atoms with E-state index in [9.17, 15) is 19.2 Å². The van der Waals surface area contributed by atoms with Crippen LogP contribution in [-0.4, -0.2) is 63.8 Å². The Balaban J connectivity index is 1.07. The highest BCUT2D eigenvalue weighted by Gasteiger charge is 2.67. The van der Waals surface area contributed by atoms with Crippen molar-refractivity contribution in [1.29, 1.82) is 0 Å². The third kappa shape index (κ3) is 9.28. The molecule has 11 nitrogen and oxygen atoms in total. The van der Waals surface area contributed by atoms with Crippen LogP contribution in [0.1, 0.15) is 129 Å². The normalized spacial score (nSPS) is 24.1. The summed E-state index contributed by atoms with van der Waals surface area (Å²) in [4.78, 5) is 71.4. The number of nitrogens with one attached hydrogen (secondary N) is 2. The largest absolute Gasteiger partial charge is 0.493 e. The first-order valence-corrected chi connectivity index (χ1v) is 23.4. The fourth-order valence-corrected chi connectivity index (χ4v) is 11.1. The van der Waals surface area contributed by atoms with Crippen LogP contribution in [0.2, 0.25) is 0 Å². The number of hydrogen-bond donors (Lipinski definition) is 2. The molecule has 3 aromatic rings. The number of rotatable bonds is 19. The van der Waals surface area contributed by atoms with E-state index in [1.807, 2.05) is 30.3 Å². The molecule has 2 N–H and O–H groups in total. The number of amides is 5. The maximum atomic E-state index is 15.3. The Morgan fingerprint density at radius 1 is 0.794 bits per heavy atom. The van der Waals surface area contributed by atoms with Crippen LogP contribution in [0.5, 0.6) is 5.75 Å². The molecule has 4 aliphatic carbocycles. The summed E-state index contributed by atoms with van der Waals surface area (Å²) in [5, 5.41) is 5.69. The molecular weight excluding hydrogens is 816 g/mol. The van der Waals surface area contributed by atoms with Gasteiger partial charge in [0.25, 0.3) is 16.8 Å². The lowest BCUT2D eigenvalue weighted by atomic mass is 9.48. The number of anilines is 2. The Hall–Kier alpha value is -4.74. The molecule has 2 atom stereocenters. The Morgan fingerprint density at radius 2 is 1.41 bits per heavy atom. The predicted molar refractivity (Wildman–Crippen MR) is 245 cm³/mol. The van der Waals surface area contributed by atoms with Gasteiger partial charge in [0.15, 0.2) is 5.78 Å². The SMILES string of the molecule is CCOC1C(=O)N(C(Cl)(C(=O)Nc2cccc(NC(=O)CCCOc3ccc(C(C)(C)CC)cc3C(C)(C)CC)c2)C(=O)C23CC4CC(CC(C4)C2)C3)C(=O)N1Cc1ccccc1. The molecule has 5 amide bonds. The Morgan fingerprint density at radius 3 is 2.02 bits per heavy atom. The van der Waals surface area contributed by atoms with E-state index in [0.717, 1.165) is 49.0 Å². The number of benzene rings is 3. The molecule has 1 aliphatic heterocycles. The molecule has 4 saturated carbocycles. The number of carbonyl (C=O) groups excluding carboxylic acids is 5. The molecule has 1 saturated heterocycles. The second-order valence-corrected chi connectivity index (χ2v) is 20.3. The quantitative estimate of drug-likeness (QED) is 0.0403. The molecule has 4 bridgehead atoms. The second kappa shape index (κ2) is 18.4. The fraction of sp³-hybridized carbons (Fsp3) is 0.549. The first-order valence-electron chi connectivity index (χ1n) is 23.0. The van der Waals surface area contributed by atoms with Gasteiger partial charge in [0, 0.05) is 35.4 Å². The lowest BCUT2D eigenvalue weighted by Gasteiger charge is -2.57. The first-order chi connectivity index (χ1) is 29.9. The molecule has 63 heavy (non-hydrogen) atoms. The molecule has 2 unspecified atom stereocenters. The molecule has 12 heteroatoms.